The lowest BCUT2D eigenvalue weighted by Gasteiger charge is -2.28. The summed E-state index contributed by atoms with van der Waals surface area (Å²) < 4.78 is 28.1. The second-order valence-electron chi connectivity index (χ2n) is 14.1. The quantitative estimate of drug-likeness (QED) is 0.0843. The Morgan fingerprint density at radius 3 is 1.46 bits per heavy atom. The summed E-state index contributed by atoms with van der Waals surface area (Å²) in [5.74, 6) is 1.18. The lowest BCUT2D eigenvalue weighted by molar-refractivity contribution is -0.145. The molecule has 286 valence electrons. The molecule has 0 aliphatic rings. The van der Waals surface area contributed by atoms with Crippen LogP contribution in [0.3, 0.4) is 0 Å². The van der Waals surface area contributed by atoms with Gasteiger partial charge in [0.15, 0.2) is 0 Å². The standard InChI is InChI=1S/C43H50N2O9/c1-9-41(5,6)37(46)53-35-14-13-15-36(28-35)54-40(49)44-29-16-20-31(21-17-29)50-32-22-18-30(19-23-32)45-43(8,12-4)39(48)52-34-26-24-33(25-27-34)51-38(47)42(7,10-2)11-3/h13-28,45H,9-12H2,1-8H3,(H,44,49). The first-order chi connectivity index (χ1) is 25.6. The van der Waals surface area contributed by atoms with Crippen molar-refractivity contribution in [2.24, 2.45) is 10.8 Å². The van der Waals surface area contributed by atoms with Crippen molar-refractivity contribution in [3.8, 4) is 34.5 Å². The van der Waals surface area contributed by atoms with Crippen LogP contribution in [0.1, 0.15) is 81.1 Å². The van der Waals surface area contributed by atoms with Gasteiger partial charge in [-0.25, -0.2) is 9.59 Å². The normalized spacial score (nSPS) is 12.4. The monoisotopic (exact) mass is 738 g/mol. The van der Waals surface area contributed by atoms with Gasteiger partial charge in [0.05, 0.1) is 10.8 Å². The fraction of sp³-hybridized carbons (Fsp3) is 0.349. The van der Waals surface area contributed by atoms with E-state index in [1.54, 1.807) is 112 Å². The smallest absolute Gasteiger partial charge is 0.417 e. The van der Waals surface area contributed by atoms with Gasteiger partial charge >= 0.3 is 24.0 Å². The Hall–Kier alpha value is -5.84. The molecule has 4 aromatic carbocycles. The van der Waals surface area contributed by atoms with Crippen LogP contribution in [0.15, 0.2) is 97.1 Å². The Morgan fingerprint density at radius 2 is 0.963 bits per heavy atom. The number of esters is 3. The summed E-state index contributed by atoms with van der Waals surface area (Å²) in [7, 11) is 0. The number of anilines is 2. The maximum absolute atomic E-state index is 13.3. The summed E-state index contributed by atoms with van der Waals surface area (Å²) in [5.41, 5.74) is -1.06. The lowest BCUT2D eigenvalue weighted by Crippen LogP contribution is -2.45. The summed E-state index contributed by atoms with van der Waals surface area (Å²) in [6.45, 7) is 15.0. The number of benzene rings is 4. The van der Waals surface area contributed by atoms with E-state index in [1.165, 1.54) is 6.07 Å². The summed E-state index contributed by atoms with van der Waals surface area (Å²) >= 11 is 0. The van der Waals surface area contributed by atoms with Crippen molar-refractivity contribution >= 4 is 35.4 Å². The number of carbonyl (C=O) groups is 4. The average molecular weight is 739 g/mol. The first-order valence-electron chi connectivity index (χ1n) is 18.1. The van der Waals surface area contributed by atoms with E-state index < -0.39 is 28.4 Å². The van der Waals surface area contributed by atoms with Gasteiger partial charge in [0.25, 0.3) is 0 Å². The molecule has 1 unspecified atom stereocenters. The molecule has 0 heterocycles. The molecule has 0 spiro atoms. The van der Waals surface area contributed by atoms with Crippen LogP contribution in [0.25, 0.3) is 0 Å². The maximum atomic E-state index is 13.3. The summed E-state index contributed by atoms with van der Waals surface area (Å²) in [6.07, 6.45) is 1.69. The van der Waals surface area contributed by atoms with Crippen LogP contribution in [-0.4, -0.2) is 29.5 Å². The van der Waals surface area contributed by atoms with Gasteiger partial charge in [-0.2, -0.15) is 0 Å². The zero-order chi connectivity index (χ0) is 39.5. The molecular weight excluding hydrogens is 688 g/mol. The molecule has 0 bridgehead atoms. The molecule has 0 radical (unpaired) electrons. The van der Waals surface area contributed by atoms with Crippen molar-refractivity contribution in [2.75, 3.05) is 10.6 Å². The fourth-order valence-corrected chi connectivity index (χ4v) is 4.76. The second kappa shape index (κ2) is 17.8. The van der Waals surface area contributed by atoms with Gasteiger partial charge in [-0.05, 0) is 138 Å². The molecule has 0 aliphatic heterocycles. The van der Waals surface area contributed by atoms with E-state index in [2.05, 4.69) is 10.6 Å². The van der Waals surface area contributed by atoms with E-state index in [0.29, 0.717) is 60.1 Å². The van der Waals surface area contributed by atoms with E-state index in [-0.39, 0.29) is 23.4 Å². The number of carbonyl (C=O) groups excluding carboxylic acids is 4. The summed E-state index contributed by atoms with van der Waals surface area (Å²) in [6, 6.07) is 26.6. The zero-order valence-corrected chi connectivity index (χ0v) is 32.2. The fourth-order valence-electron chi connectivity index (χ4n) is 4.76. The van der Waals surface area contributed by atoms with Gasteiger partial charge in [-0.3, -0.25) is 14.9 Å². The molecule has 54 heavy (non-hydrogen) atoms. The molecule has 4 rings (SSSR count). The van der Waals surface area contributed by atoms with Crippen LogP contribution in [0.4, 0.5) is 16.2 Å². The third kappa shape index (κ3) is 10.8. The van der Waals surface area contributed by atoms with Gasteiger partial charge in [0.2, 0.25) is 0 Å². The van der Waals surface area contributed by atoms with Crippen molar-refractivity contribution in [1.82, 2.24) is 0 Å². The van der Waals surface area contributed by atoms with Crippen LogP contribution < -0.4 is 34.3 Å². The van der Waals surface area contributed by atoms with E-state index in [4.69, 9.17) is 23.7 Å². The van der Waals surface area contributed by atoms with Gasteiger partial charge in [-0.1, -0.05) is 33.8 Å². The number of amides is 1. The molecule has 0 saturated heterocycles. The largest absolute Gasteiger partial charge is 0.457 e. The maximum Gasteiger partial charge on any atom is 0.417 e. The lowest BCUT2D eigenvalue weighted by atomic mass is 9.85. The minimum atomic E-state index is -1.04. The van der Waals surface area contributed by atoms with Crippen molar-refractivity contribution in [3.05, 3.63) is 97.1 Å². The van der Waals surface area contributed by atoms with Crippen LogP contribution in [-0.2, 0) is 14.4 Å². The highest BCUT2D eigenvalue weighted by Gasteiger charge is 2.34. The highest BCUT2D eigenvalue weighted by molar-refractivity contribution is 5.87. The predicted molar refractivity (Wildman–Crippen MR) is 207 cm³/mol. The number of rotatable bonds is 16. The molecule has 1 amide bonds. The van der Waals surface area contributed by atoms with Crippen molar-refractivity contribution < 1.29 is 42.9 Å². The Morgan fingerprint density at radius 1 is 0.500 bits per heavy atom. The van der Waals surface area contributed by atoms with E-state index in [0.717, 1.165) is 0 Å². The first-order valence-corrected chi connectivity index (χ1v) is 18.1. The Kier molecular flexibility index (Phi) is 13.5. The minimum Gasteiger partial charge on any atom is -0.457 e. The third-order valence-corrected chi connectivity index (χ3v) is 9.73. The van der Waals surface area contributed by atoms with Gasteiger partial charge in [0, 0.05) is 17.4 Å². The van der Waals surface area contributed by atoms with E-state index in [1.807, 2.05) is 34.6 Å². The molecule has 0 aromatic heterocycles. The minimum absolute atomic E-state index is 0.221. The summed E-state index contributed by atoms with van der Waals surface area (Å²) in [5, 5.41) is 5.94. The van der Waals surface area contributed by atoms with Gasteiger partial charge in [0.1, 0.15) is 40.0 Å². The third-order valence-electron chi connectivity index (χ3n) is 9.73. The van der Waals surface area contributed by atoms with Crippen molar-refractivity contribution in [3.63, 3.8) is 0 Å². The average Bonchev–Trinajstić information content (AvgIpc) is 3.16. The van der Waals surface area contributed by atoms with Gasteiger partial charge < -0.3 is 29.0 Å². The number of hydrogen-bond acceptors (Lipinski definition) is 10. The molecule has 0 fully saturated rings. The van der Waals surface area contributed by atoms with Crippen LogP contribution in [0.2, 0.25) is 0 Å². The van der Waals surface area contributed by atoms with Crippen molar-refractivity contribution in [1.29, 1.82) is 0 Å². The zero-order valence-electron chi connectivity index (χ0n) is 32.2. The molecule has 11 nitrogen and oxygen atoms in total. The predicted octanol–water partition coefficient (Wildman–Crippen LogP) is 10.3. The molecule has 2 N–H and O–H groups in total. The molecular formula is C43H50N2O9. The van der Waals surface area contributed by atoms with Crippen LogP contribution in [0, 0.1) is 10.8 Å². The number of hydrogen-bond donors (Lipinski definition) is 2. The molecule has 11 heteroatoms. The highest BCUT2D eigenvalue weighted by atomic mass is 16.6. The first kappa shape index (κ1) is 40.9. The molecule has 1 atom stereocenters. The SMILES string of the molecule is CCC(C)(C)C(=O)Oc1cccc(OC(=O)Nc2ccc(Oc3ccc(NC(C)(CC)C(=O)Oc4ccc(OC(=O)C(C)(CC)CC)cc4)cc3)cc2)c1. The second-order valence-corrected chi connectivity index (χ2v) is 14.1. The Balaban J connectivity index is 1.28. The summed E-state index contributed by atoms with van der Waals surface area (Å²) in [4.78, 5) is 50.8. The van der Waals surface area contributed by atoms with E-state index in [9.17, 15) is 19.2 Å². The Bertz CT molecular complexity index is 1900. The topological polar surface area (TPSA) is 138 Å². The van der Waals surface area contributed by atoms with Crippen LogP contribution in [0.5, 0.6) is 34.5 Å². The Labute approximate surface area is 317 Å². The van der Waals surface area contributed by atoms with Gasteiger partial charge in [-0.15, -0.1) is 0 Å². The molecule has 4 aromatic rings. The highest BCUT2D eigenvalue weighted by Crippen LogP contribution is 2.31. The molecule has 0 aliphatic carbocycles. The van der Waals surface area contributed by atoms with E-state index >= 15 is 0 Å². The molecule has 0 saturated carbocycles. The number of nitrogens with one attached hydrogen (secondary N) is 2. The van der Waals surface area contributed by atoms with Crippen LogP contribution >= 0.6 is 0 Å². The number of ether oxygens (including phenoxy) is 5. The van der Waals surface area contributed by atoms with Crippen molar-refractivity contribution in [2.45, 2.75) is 86.6 Å².